The summed E-state index contributed by atoms with van der Waals surface area (Å²) in [6.45, 7) is 4.54. The van der Waals surface area contributed by atoms with Crippen LogP contribution in [0, 0.1) is 6.92 Å². The third-order valence-electron chi connectivity index (χ3n) is 6.54. The summed E-state index contributed by atoms with van der Waals surface area (Å²) in [6.07, 6.45) is 0.638. The molecule has 0 unspecified atom stereocenters. The smallest absolute Gasteiger partial charge is 0.258 e. The van der Waals surface area contributed by atoms with Crippen LogP contribution in [0.15, 0.2) is 71.6 Å². The lowest BCUT2D eigenvalue weighted by atomic mass is 10.1. The lowest BCUT2D eigenvalue weighted by molar-refractivity contribution is 0.0989. The van der Waals surface area contributed by atoms with Gasteiger partial charge in [-0.25, -0.2) is 8.42 Å². The summed E-state index contributed by atoms with van der Waals surface area (Å²) in [7, 11) is -3.61. The molecule has 1 fully saturated rings. The number of carbonyl (C=O) groups excluding carboxylic acids is 1. The number of fused-ring (bicyclic) bond motifs is 1. The molecule has 2 aliphatic rings. The van der Waals surface area contributed by atoms with Crippen molar-refractivity contribution in [1.82, 2.24) is 4.31 Å². The summed E-state index contributed by atoms with van der Waals surface area (Å²) in [5.41, 5.74) is 4.41. The van der Waals surface area contributed by atoms with Crippen molar-refractivity contribution in [3.8, 4) is 0 Å². The van der Waals surface area contributed by atoms with Gasteiger partial charge < -0.3 is 9.80 Å². The zero-order valence-electron chi connectivity index (χ0n) is 18.9. The van der Waals surface area contributed by atoms with Gasteiger partial charge in [0.2, 0.25) is 10.0 Å². The first-order valence-corrected chi connectivity index (χ1v) is 13.2. The third-order valence-corrected chi connectivity index (χ3v) is 8.67. The fourth-order valence-corrected chi connectivity index (χ4v) is 6.27. The Morgan fingerprint density at radius 2 is 1.62 bits per heavy atom. The van der Waals surface area contributed by atoms with E-state index >= 15 is 0 Å². The molecule has 0 radical (unpaired) electrons. The van der Waals surface area contributed by atoms with Crippen molar-refractivity contribution in [2.75, 3.05) is 42.5 Å². The molecule has 0 saturated carbocycles. The molecular formula is C26H26ClN3O3S. The number of carbonyl (C=O) groups is 1. The molecule has 3 aromatic carbocycles. The molecule has 176 valence electrons. The molecule has 2 heterocycles. The lowest BCUT2D eigenvalue weighted by Crippen LogP contribution is -2.48. The quantitative estimate of drug-likeness (QED) is 0.539. The highest BCUT2D eigenvalue weighted by Gasteiger charge is 2.31. The number of nitrogens with zero attached hydrogens (tertiary/aromatic N) is 3. The number of rotatable bonds is 4. The van der Waals surface area contributed by atoms with Gasteiger partial charge in [0.05, 0.1) is 4.90 Å². The molecule has 2 aliphatic heterocycles. The second kappa shape index (κ2) is 9.06. The van der Waals surface area contributed by atoms with Gasteiger partial charge in [0.25, 0.3) is 5.91 Å². The van der Waals surface area contributed by atoms with E-state index in [1.807, 2.05) is 55.5 Å². The first kappa shape index (κ1) is 22.9. The number of benzene rings is 3. The van der Waals surface area contributed by atoms with E-state index in [1.54, 1.807) is 27.4 Å². The Morgan fingerprint density at radius 1 is 0.882 bits per heavy atom. The largest absolute Gasteiger partial charge is 0.369 e. The van der Waals surface area contributed by atoms with Crippen molar-refractivity contribution in [2.45, 2.75) is 18.2 Å². The molecule has 0 spiro atoms. The molecule has 0 N–H and O–H groups in total. The van der Waals surface area contributed by atoms with Crippen LogP contribution in [0.25, 0.3) is 0 Å². The van der Waals surface area contributed by atoms with E-state index in [0.717, 1.165) is 22.5 Å². The van der Waals surface area contributed by atoms with Gasteiger partial charge in [0, 0.05) is 54.7 Å². The molecule has 1 amide bonds. The summed E-state index contributed by atoms with van der Waals surface area (Å²) < 4.78 is 28.3. The summed E-state index contributed by atoms with van der Waals surface area (Å²) in [5, 5.41) is 0.667. The summed E-state index contributed by atoms with van der Waals surface area (Å²) in [5.74, 6) is -0.0634. The lowest BCUT2D eigenvalue weighted by Gasteiger charge is -2.35. The van der Waals surface area contributed by atoms with E-state index in [-0.39, 0.29) is 10.8 Å². The molecule has 3 aromatic rings. The number of hydrogen-bond donors (Lipinski definition) is 0. The topological polar surface area (TPSA) is 60.9 Å². The fourth-order valence-electron chi connectivity index (χ4n) is 4.61. The first-order valence-electron chi connectivity index (χ1n) is 11.3. The number of hydrogen-bond acceptors (Lipinski definition) is 4. The van der Waals surface area contributed by atoms with Crippen LogP contribution in [-0.4, -0.2) is 51.4 Å². The van der Waals surface area contributed by atoms with Gasteiger partial charge in [-0.2, -0.15) is 4.31 Å². The van der Waals surface area contributed by atoms with Crippen molar-refractivity contribution < 1.29 is 13.2 Å². The van der Waals surface area contributed by atoms with Crippen LogP contribution < -0.4 is 9.80 Å². The Balaban J connectivity index is 1.31. The molecule has 5 rings (SSSR count). The highest BCUT2D eigenvalue weighted by Crippen LogP contribution is 2.33. The van der Waals surface area contributed by atoms with Crippen LogP contribution in [0.5, 0.6) is 0 Å². The van der Waals surface area contributed by atoms with Crippen molar-refractivity contribution >= 4 is 38.9 Å². The van der Waals surface area contributed by atoms with E-state index in [9.17, 15) is 13.2 Å². The number of anilines is 2. The molecule has 6 nitrogen and oxygen atoms in total. The zero-order chi connectivity index (χ0) is 23.9. The van der Waals surface area contributed by atoms with Gasteiger partial charge in [0.15, 0.2) is 0 Å². The van der Waals surface area contributed by atoms with Crippen LogP contribution in [0.3, 0.4) is 0 Å². The molecule has 34 heavy (non-hydrogen) atoms. The Labute approximate surface area is 205 Å². The van der Waals surface area contributed by atoms with Gasteiger partial charge in [-0.15, -0.1) is 0 Å². The number of sulfonamides is 1. The van der Waals surface area contributed by atoms with Crippen LogP contribution in [-0.2, 0) is 16.4 Å². The molecule has 8 heteroatoms. The zero-order valence-corrected chi connectivity index (χ0v) is 20.5. The number of piperazine rings is 1. The minimum Gasteiger partial charge on any atom is -0.369 e. The summed E-state index contributed by atoms with van der Waals surface area (Å²) >= 11 is 6.11. The Bertz CT molecular complexity index is 1330. The number of aryl methyl sites for hydroxylation is 1. The summed E-state index contributed by atoms with van der Waals surface area (Å²) in [4.78, 5) is 17.2. The molecule has 0 aromatic heterocycles. The van der Waals surface area contributed by atoms with Crippen molar-refractivity contribution in [2.24, 2.45) is 0 Å². The van der Waals surface area contributed by atoms with Crippen LogP contribution in [0.2, 0.25) is 5.02 Å². The van der Waals surface area contributed by atoms with E-state index in [0.29, 0.717) is 49.7 Å². The molecule has 1 saturated heterocycles. The van der Waals surface area contributed by atoms with Gasteiger partial charge in [-0.1, -0.05) is 35.4 Å². The highest BCUT2D eigenvalue weighted by molar-refractivity contribution is 7.89. The normalized spacial score (nSPS) is 16.5. The monoisotopic (exact) mass is 495 g/mol. The SMILES string of the molecule is Cc1ccc(C(=O)N2CCc3cc(S(=O)(=O)N4CCN(c5cccc(Cl)c5)CC4)ccc32)cc1. The van der Waals surface area contributed by atoms with E-state index < -0.39 is 10.0 Å². The molecule has 0 atom stereocenters. The van der Waals surface area contributed by atoms with Crippen LogP contribution in [0.4, 0.5) is 11.4 Å². The maximum absolute atomic E-state index is 13.4. The van der Waals surface area contributed by atoms with E-state index in [1.165, 1.54) is 0 Å². The maximum atomic E-state index is 13.4. The van der Waals surface area contributed by atoms with Crippen molar-refractivity contribution in [1.29, 1.82) is 0 Å². The Hall–Kier alpha value is -2.87. The summed E-state index contributed by atoms with van der Waals surface area (Å²) in [6, 6.07) is 20.2. The minimum atomic E-state index is -3.61. The predicted octanol–water partition coefficient (Wildman–Crippen LogP) is 4.36. The van der Waals surface area contributed by atoms with Gasteiger partial charge in [-0.05, 0) is 67.4 Å². The van der Waals surface area contributed by atoms with Gasteiger partial charge in [-0.3, -0.25) is 4.79 Å². The van der Waals surface area contributed by atoms with Crippen molar-refractivity contribution in [3.05, 3.63) is 88.4 Å². The van der Waals surface area contributed by atoms with Crippen LogP contribution in [0.1, 0.15) is 21.5 Å². The van der Waals surface area contributed by atoms with Crippen molar-refractivity contribution in [3.63, 3.8) is 0 Å². The first-order chi connectivity index (χ1) is 16.3. The highest BCUT2D eigenvalue weighted by atomic mass is 35.5. The fraction of sp³-hybridized carbons (Fsp3) is 0.269. The average molecular weight is 496 g/mol. The third kappa shape index (κ3) is 4.31. The second-order valence-corrected chi connectivity index (χ2v) is 11.1. The number of halogens is 1. The Morgan fingerprint density at radius 3 is 2.32 bits per heavy atom. The van der Waals surface area contributed by atoms with Crippen LogP contribution >= 0.6 is 11.6 Å². The molecular weight excluding hydrogens is 470 g/mol. The standard InChI is InChI=1S/C26H26ClN3O3S/c1-19-5-7-20(8-6-19)26(31)30-12-11-21-17-24(9-10-25(21)30)34(32,33)29-15-13-28(14-16-29)23-4-2-3-22(27)18-23/h2-10,17-18H,11-16H2,1H3. The molecule has 0 bridgehead atoms. The molecule has 0 aliphatic carbocycles. The average Bonchev–Trinajstić information content (AvgIpc) is 3.27. The van der Waals surface area contributed by atoms with E-state index in [2.05, 4.69) is 4.90 Å². The Kier molecular flexibility index (Phi) is 6.10. The minimum absolute atomic E-state index is 0.0634. The van der Waals surface area contributed by atoms with Gasteiger partial charge >= 0.3 is 0 Å². The second-order valence-electron chi connectivity index (χ2n) is 8.73. The predicted molar refractivity (Wildman–Crippen MR) is 135 cm³/mol. The number of amides is 1. The van der Waals surface area contributed by atoms with E-state index in [4.69, 9.17) is 11.6 Å². The van der Waals surface area contributed by atoms with Gasteiger partial charge in [0.1, 0.15) is 0 Å². The maximum Gasteiger partial charge on any atom is 0.258 e.